The molecule has 7 heteroatoms. The lowest BCUT2D eigenvalue weighted by atomic mass is 10.0. The van der Waals surface area contributed by atoms with Crippen molar-refractivity contribution in [3.8, 4) is 0 Å². The maximum absolute atomic E-state index is 12.0. The second-order valence-electron chi connectivity index (χ2n) is 6.23. The minimum absolute atomic E-state index is 0.0992. The number of nitrogens with zero attached hydrogens (tertiary/aromatic N) is 2. The van der Waals surface area contributed by atoms with Gasteiger partial charge in [-0.1, -0.05) is 35.5 Å². The zero-order valence-corrected chi connectivity index (χ0v) is 13.5. The lowest BCUT2D eigenvalue weighted by molar-refractivity contribution is -0.154. The third-order valence-corrected chi connectivity index (χ3v) is 3.22. The molecule has 1 fully saturated rings. The van der Waals surface area contributed by atoms with Crippen molar-refractivity contribution in [3.63, 3.8) is 0 Å². The number of likely N-dealkylation sites (tertiary alicyclic amines) is 1. The molecule has 2 rings (SSSR count). The lowest BCUT2D eigenvalue weighted by Gasteiger charge is -2.38. The molecular formula is C16H21N3O4. The molecule has 1 aliphatic rings. The summed E-state index contributed by atoms with van der Waals surface area (Å²) >= 11 is 0. The van der Waals surface area contributed by atoms with E-state index in [1.807, 2.05) is 6.07 Å². The van der Waals surface area contributed by atoms with Crippen LogP contribution in [0.4, 0.5) is 4.79 Å². The number of carbonyl (C=O) groups excluding carboxylic acids is 2. The number of benzene rings is 1. The molecule has 7 nitrogen and oxygen atoms in total. The van der Waals surface area contributed by atoms with E-state index in [0.717, 1.165) is 0 Å². The molecule has 0 radical (unpaired) electrons. The van der Waals surface area contributed by atoms with Crippen molar-refractivity contribution in [1.82, 2.24) is 4.90 Å². The summed E-state index contributed by atoms with van der Waals surface area (Å²) < 4.78 is 5.24. The summed E-state index contributed by atoms with van der Waals surface area (Å²) in [4.78, 5) is 30.1. The molecule has 0 unspecified atom stereocenters. The Labute approximate surface area is 135 Å². The molecule has 0 bridgehead atoms. The molecule has 0 saturated carbocycles. The van der Waals surface area contributed by atoms with Crippen LogP contribution < -0.4 is 5.73 Å². The molecule has 1 amide bonds. The highest BCUT2D eigenvalue weighted by molar-refractivity contribution is 5.97. The third kappa shape index (κ3) is 4.45. The SMILES string of the molecule is CC(C)(C)OC(=O)N1CC[C@H]1C(=O)ON=C(N)c1ccccc1. The Kier molecular flexibility index (Phi) is 4.88. The Balaban J connectivity index is 1.92. The third-order valence-electron chi connectivity index (χ3n) is 3.22. The van der Waals surface area contributed by atoms with Crippen LogP contribution in [0, 0.1) is 0 Å². The number of nitrogens with two attached hydrogens (primary N) is 1. The fourth-order valence-corrected chi connectivity index (χ4v) is 1.99. The molecule has 1 aliphatic heterocycles. The summed E-state index contributed by atoms with van der Waals surface area (Å²) in [5.41, 5.74) is 5.78. The van der Waals surface area contributed by atoms with Gasteiger partial charge in [0.25, 0.3) is 0 Å². The quantitative estimate of drug-likeness (QED) is 0.397. The van der Waals surface area contributed by atoms with Gasteiger partial charge in [0.05, 0.1) is 0 Å². The first-order chi connectivity index (χ1) is 10.8. The second-order valence-corrected chi connectivity index (χ2v) is 6.23. The molecule has 1 aromatic rings. The van der Waals surface area contributed by atoms with Gasteiger partial charge in [0.15, 0.2) is 5.84 Å². The number of rotatable bonds is 3. The predicted octanol–water partition coefficient (Wildman–Crippen LogP) is 1.86. The van der Waals surface area contributed by atoms with Crippen molar-refractivity contribution in [1.29, 1.82) is 0 Å². The van der Waals surface area contributed by atoms with E-state index in [1.54, 1.807) is 45.0 Å². The van der Waals surface area contributed by atoms with Gasteiger partial charge in [-0.05, 0) is 27.2 Å². The van der Waals surface area contributed by atoms with Crippen LogP contribution in [0.3, 0.4) is 0 Å². The van der Waals surface area contributed by atoms with Crippen LogP contribution in [-0.2, 0) is 14.4 Å². The number of hydrogen-bond donors (Lipinski definition) is 1. The minimum Gasteiger partial charge on any atom is -0.444 e. The van der Waals surface area contributed by atoms with E-state index < -0.39 is 23.7 Å². The highest BCUT2D eigenvalue weighted by atomic mass is 16.7. The molecule has 0 aliphatic carbocycles. The highest BCUT2D eigenvalue weighted by Gasteiger charge is 2.41. The monoisotopic (exact) mass is 319 g/mol. The normalized spacial score (nSPS) is 18.1. The Hall–Kier alpha value is -2.57. The molecule has 0 aromatic heterocycles. The van der Waals surface area contributed by atoms with Crippen LogP contribution in [0.2, 0.25) is 0 Å². The van der Waals surface area contributed by atoms with Crippen LogP contribution in [0.1, 0.15) is 32.8 Å². The smallest absolute Gasteiger partial charge is 0.411 e. The van der Waals surface area contributed by atoms with E-state index in [1.165, 1.54) is 4.90 Å². The Morgan fingerprint density at radius 3 is 2.43 bits per heavy atom. The van der Waals surface area contributed by atoms with Gasteiger partial charge in [0.1, 0.15) is 11.6 Å². The molecule has 2 N–H and O–H groups in total. The second kappa shape index (κ2) is 6.68. The van der Waals surface area contributed by atoms with E-state index in [-0.39, 0.29) is 5.84 Å². The van der Waals surface area contributed by atoms with Crippen molar-refractivity contribution in [3.05, 3.63) is 35.9 Å². The van der Waals surface area contributed by atoms with Gasteiger partial charge in [-0.2, -0.15) is 0 Å². The molecular weight excluding hydrogens is 298 g/mol. The first-order valence-electron chi connectivity index (χ1n) is 7.37. The van der Waals surface area contributed by atoms with E-state index >= 15 is 0 Å². The average Bonchev–Trinajstić information content (AvgIpc) is 2.42. The van der Waals surface area contributed by atoms with Crippen LogP contribution in [-0.4, -0.2) is 41.0 Å². The van der Waals surface area contributed by atoms with E-state index in [2.05, 4.69) is 5.16 Å². The van der Waals surface area contributed by atoms with Gasteiger partial charge in [0, 0.05) is 12.1 Å². The lowest BCUT2D eigenvalue weighted by Crippen LogP contribution is -2.56. The first kappa shape index (κ1) is 16.8. The number of amidine groups is 1. The van der Waals surface area contributed by atoms with Crippen LogP contribution in [0.25, 0.3) is 0 Å². The predicted molar refractivity (Wildman–Crippen MR) is 84.6 cm³/mol. The fraction of sp³-hybridized carbons (Fsp3) is 0.438. The molecule has 1 atom stereocenters. The van der Waals surface area contributed by atoms with Crippen molar-refractivity contribution in [2.75, 3.05) is 6.54 Å². The van der Waals surface area contributed by atoms with Crippen molar-refractivity contribution >= 4 is 17.9 Å². The topological polar surface area (TPSA) is 94.2 Å². The number of carbonyl (C=O) groups is 2. The van der Waals surface area contributed by atoms with Gasteiger partial charge in [-0.25, -0.2) is 9.59 Å². The number of ether oxygens (including phenoxy) is 1. The summed E-state index contributed by atoms with van der Waals surface area (Å²) in [7, 11) is 0. The summed E-state index contributed by atoms with van der Waals surface area (Å²) in [6, 6.07) is 8.27. The molecule has 124 valence electrons. The van der Waals surface area contributed by atoms with Gasteiger partial charge < -0.3 is 15.3 Å². The molecule has 0 spiro atoms. The zero-order chi connectivity index (χ0) is 17.0. The maximum atomic E-state index is 12.0. The van der Waals surface area contributed by atoms with E-state index in [9.17, 15) is 9.59 Å². The summed E-state index contributed by atoms with van der Waals surface area (Å²) in [6.07, 6.45) is -0.0236. The van der Waals surface area contributed by atoms with E-state index in [4.69, 9.17) is 15.3 Å². The average molecular weight is 319 g/mol. The largest absolute Gasteiger partial charge is 0.444 e. The van der Waals surface area contributed by atoms with Gasteiger partial charge in [-0.3, -0.25) is 4.90 Å². The molecule has 1 aromatic carbocycles. The Morgan fingerprint density at radius 2 is 1.91 bits per heavy atom. The van der Waals surface area contributed by atoms with E-state index in [0.29, 0.717) is 18.5 Å². The molecule has 1 saturated heterocycles. The number of oxime groups is 1. The number of hydrogen-bond acceptors (Lipinski definition) is 5. The minimum atomic E-state index is -0.683. The highest BCUT2D eigenvalue weighted by Crippen LogP contribution is 2.22. The van der Waals surface area contributed by atoms with Crippen LogP contribution >= 0.6 is 0 Å². The first-order valence-corrected chi connectivity index (χ1v) is 7.37. The summed E-state index contributed by atoms with van der Waals surface area (Å²) in [6.45, 7) is 5.75. The molecule has 1 heterocycles. The number of amides is 1. The molecule has 23 heavy (non-hydrogen) atoms. The van der Waals surface area contributed by atoms with Crippen molar-refractivity contribution < 1.29 is 19.2 Å². The fourth-order valence-electron chi connectivity index (χ4n) is 1.99. The van der Waals surface area contributed by atoms with Gasteiger partial charge in [0.2, 0.25) is 0 Å². The van der Waals surface area contributed by atoms with Crippen molar-refractivity contribution in [2.45, 2.75) is 38.8 Å². The van der Waals surface area contributed by atoms with Crippen LogP contribution in [0.5, 0.6) is 0 Å². The van der Waals surface area contributed by atoms with Crippen LogP contribution in [0.15, 0.2) is 35.5 Å². The maximum Gasteiger partial charge on any atom is 0.411 e. The Morgan fingerprint density at radius 1 is 1.26 bits per heavy atom. The standard InChI is InChI=1S/C16H21N3O4/c1-16(2,3)22-15(21)19-10-9-12(19)14(20)23-18-13(17)11-7-5-4-6-8-11/h4-8,12H,9-10H2,1-3H3,(H2,17,18)/t12-/m0/s1. The van der Waals surface area contributed by atoms with Crippen molar-refractivity contribution in [2.24, 2.45) is 10.9 Å². The van der Waals surface area contributed by atoms with Gasteiger partial charge >= 0.3 is 12.1 Å². The summed E-state index contributed by atoms with van der Waals surface area (Å²) in [5.74, 6) is -0.525. The zero-order valence-electron chi connectivity index (χ0n) is 13.5. The summed E-state index contributed by atoms with van der Waals surface area (Å²) in [5, 5.41) is 3.63. The van der Waals surface area contributed by atoms with Gasteiger partial charge in [-0.15, -0.1) is 0 Å². The Bertz CT molecular complexity index is 608.